The quantitative estimate of drug-likeness (QED) is 0.825. The van der Waals surface area contributed by atoms with Crippen molar-refractivity contribution >= 4 is 17.0 Å². The maximum absolute atomic E-state index is 12.3. The second kappa shape index (κ2) is 6.53. The molecule has 0 saturated heterocycles. The first kappa shape index (κ1) is 15.2. The molecule has 2 aromatic heterocycles. The molecule has 0 aliphatic rings. The highest BCUT2D eigenvalue weighted by molar-refractivity contribution is 6.06. The third kappa shape index (κ3) is 3.13. The van der Waals surface area contributed by atoms with Crippen molar-refractivity contribution < 1.29 is 9.21 Å². The molecule has 0 fully saturated rings. The Labute approximate surface area is 122 Å². The molecule has 2 rings (SSSR count). The number of nitrogens with one attached hydrogen (secondary N) is 2. The highest BCUT2D eigenvalue weighted by Crippen LogP contribution is 2.19. The zero-order valence-corrected chi connectivity index (χ0v) is 12.5. The van der Waals surface area contributed by atoms with E-state index in [9.17, 15) is 9.59 Å². The summed E-state index contributed by atoms with van der Waals surface area (Å²) in [6, 6.07) is 0. The van der Waals surface area contributed by atoms with Crippen LogP contribution in [-0.2, 0) is 0 Å². The molecule has 0 aliphatic carbocycles. The third-order valence-corrected chi connectivity index (χ3v) is 3.51. The van der Waals surface area contributed by atoms with Crippen LogP contribution in [0, 0.1) is 6.92 Å². The molecule has 0 saturated carbocycles. The molecule has 114 valence electrons. The minimum atomic E-state index is -0.370. The Morgan fingerprint density at radius 2 is 2.14 bits per heavy atom. The summed E-state index contributed by atoms with van der Waals surface area (Å²) in [5.41, 5.74) is 0.0785. The maximum atomic E-state index is 12.3. The lowest BCUT2D eigenvalue weighted by Gasteiger charge is -2.17. The molecule has 2 N–H and O–H groups in total. The Morgan fingerprint density at radius 3 is 2.81 bits per heavy atom. The van der Waals surface area contributed by atoms with Gasteiger partial charge in [-0.2, -0.15) is 0 Å². The van der Waals surface area contributed by atoms with Gasteiger partial charge in [0, 0.05) is 13.1 Å². The van der Waals surface area contributed by atoms with Crippen LogP contribution in [0.1, 0.15) is 30.0 Å². The monoisotopic (exact) mass is 292 g/mol. The highest BCUT2D eigenvalue weighted by atomic mass is 16.3. The van der Waals surface area contributed by atoms with Crippen molar-refractivity contribution in [2.24, 2.45) is 0 Å². The van der Waals surface area contributed by atoms with Gasteiger partial charge in [-0.1, -0.05) is 13.8 Å². The predicted octanol–water partition coefficient (Wildman–Crippen LogP) is 0.896. The van der Waals surface area contributed by atoms with Gasteiger partial charge in [-0.3, -0.25) is 9.59 Å². The normalized spacial score (nSPS) is 11.2. The SMILES string of the molecule is CCN(CC)CCNC(=O)c1c(C)oc2nc[nH]c(=O)c12. The van der Waals surface area contributed by atoms with Crippen LogP contribution in [0.3, 0.4) is 0 Å². The predicted molar refractivity (Wildman–Crippen MR) is 79.5 cm³/mol. The molecule has 0 aromatic carbocycles. The number of H-pyrrole nitrogens is 1. The fourth-order valence-corrected chi connectivity index (χ4v) is 2.28. The minimum Gasteiger partial charge on any atom is -0.442 e. The molecule has 2 aromatic rings. The molecule has 0 aliphatic heterocycles. The van der Waals surface area contributed by atoms with Crippen LogP contribution in [0.5, 0.6) is 0 Å². The van der Waals surface area contributed by atoms with Crippen LogP contribution in [0.25, 0.3) is 11.1 Å². The van der Waals surface area contributed by atoms with Gasteiger partial charge in [-0.25, -0.2) is 4.98 Å². The largest absolute Gasteiger partial charge is 0.442 e. The van der Waals surface area contributed by atoms with Crippen molar-refractivity contribution in [3.05, 3.63) is 28.0 Å². The van der Waals surface area contributed by atoms with E-state index in [2.05, 4.69) is 34.0 Å². The fraction of sp³-hybridized carbons (Fsp3) is 0.500. The van der Waals surface area contributed by atoms with Gasteiger partial charge in [0.2, 0.25) is 5.71 Å². The number of furan rings is 1. The lowest BCUT2D eigenvalue weighted by atomic mass is 10.2. The third-order valence-electron chi connectivity index (χ3n) is 3.51. The number of amides is 1. The first-order chi connectivity index (χ1) is 10.1. The molecule has 0 spiro atoms. The molecule has 0 unspecified atom stereocenters. The van der Waals surface area contributed by atoms with Crippen molar-refractivity contribution in [1.82, 2.24) is 20.2 Å². The Kier molecular flexibility index (Phi) is 4.74. The van der Waals surface area contributed by atoms with Gasteiger partial charge in [0.25, 0.3) is 11.5 Å². The van der Waals surface area contributed by atoms with Gasteiger partial charge in [0.05, 0.1) is 11.9 Å². The van der Waals surface area contributed by atoms with E-state index >= 15 is 0 Å². The lowest BCUT2D eigenvalue weighted by Crippen LogP contribution is -2.35. The number of carbonyl (C=O) groups is 1. The zero-order chi connectivity index (χ0) is 15.4. The average molecular weight is 292 g/mol. The van der Waals surface area contributed by atoms with E-state index in [1.54, 1.807) is 6.92 Å². The smallest absolute Gasteiger partial charge is 0.262 e. The van der Waals surface area contributed by atoms with Crippen molar-refractivity contribution in [1.29, 1.82) is 0 Å². The molecule has 7 nitrogen and oxygen atoms in total. The molecule has 1 amide bonds. The Hall–Kier alpha value is -2.15. The maximum Gasteiger partial charge on any atom is 0.262 e. The molecule has 0 bridgehead atoms. The number of fused-ring (bicyclic) bond motifs is 1. The summed E-state index contributed by atoms with van der Waals surface area (Å²) in [6.45, 7) is 8.95. The summed E-state index contributed by atoms with van der Waals surface area (Å²) in [4.78, 5) is 32.7. The molecule has 0 atom stereocenters. The number of hydrogen-bond acceptors (Lipinski definition) is 5. The van der Waals surface area contributed by atoms with Crippen LogP contribution in [0.15, 0.2) is 15.5 Å². The van der Waals surface area contributed by atoms with Gasteiger partial charge in [0.1, 0.15) is 11.1 Å². The molecule has 7 heteroatoms. The molecule has 21 heavy (non-hydrogen) atoms. The second-order valence-corrected chi connectivity index (χ2v) is 4.73. The average Bonchev–Trinajstić information content (AvgIpc) is 2.81. The summed E-state index contributed by atoms with van der Waals surface area (Å²) in [5.74, 6) is 0.0893. The Balaban J connectivity index is 2.17. The zero-order valence-electron chi connectivity index (χ0n) is 12.5. The number of nitrogens with zero attached hydrogens (tertiary/aromatic N) is 2. The number of aryl methyl sites for hydroxylation is 1. The molecular formula is C14H20N4O3. The number of carbonyl (C=O) groups excluding carboxylic acids is 1. The second-order valence-electron chi connectivity index (χ2n) is 4.73. The Morgan fingerprint density at radius 1 is 1.43 bits per heavy atom. The standard InChI is InChI=1S/C14H20N4O3/c1-4-18(5-2)7-6-15-12(19)10-9(3)21-14-11(10)13(20)16-8-17-14/h8H,4-7H2,1-3H3,(H,15,19)(H,16,17,20). The first-order valence-electron chi connectivity index (χ1n) is 7.05. The number of aromatic nitrogens is 2. The van der Waals surface area contributed by atoms with E-state index in [4.69, 9.17) is 4.42 Å². The number of aromatic amines is 1. The van der Waals surface area contributed by atoms with Gasteiger partial charge >= 0.3 is 0 Å². The molecular weight excluding hydrogens is 272 g/mol. The van der Waals surface area contributed by atoms with Gasteiger partial charge in [-0.05, 0) is 20.0 Å². The van der Waals surface area contributed by atoms with Crippen molar-refractivity contribution in [3.8, 4) is 0 Å². The van der Waals surface area contributed by atoms with E-state index in [0.29, 0.717) is 12.3 Å². The van der Waals surface area contributed by atoms with E-state index < -0.39 is 0 Å². The number of likely N-dealkylation sites (N-methyl/N-ethyl adjacent to an activating group) is 1. The van der Waals surface area contributed by atoms with Crippen LogP contribution < -0.4 is 10.9 Å². The van der Waals surface area contributed by atoms with Crippen LogP contribution >= 0.6 is 0 Å². The van der Waals surface area contributed by atoms with Crippen molar-refractivity contribution in [2.75, 3.05) is 26.2 Å². The van der Waals surface area contributed by atoms with Crippen molar-refractivity contribution in [2.45, 2.75) is 20.8 Å². The molecule has 0 radical (unpaired) electrons. The first-order valence-corrected chi connectivity index (χ1v) is 7.05. The van der Waals surface area contributed by atoms with Crippen LogP contribution in [0.2, 0.25) is 0 Å². The Bertz CT molecular complexity index is 685. The fourth-order valence-electron chi connectivity index (χ4n) is 2.28. The summed E-state index contributed by atoms with van der Waals surface area (Å²) < 4.78 is 5.37. The number of hydrogen-bond donors (Lipinski definition) is 2. The lowest BCUT2D eigenvalue weighted by molar-refractivity contribution is 0.0948. The topological polar surface area (TPSA) is 91.2 Å². The summed E-state index contributed by atoms with van der Waals surface area (Å²) >= 11 is 0. The van der Waals surface area contributed by atoms with E-state index in [-0.39, 0.29) is 28.1 Å². The van der Waals surface area contributed by atoms with Crippen molar-refractivity contribution in [3.63, 3.8) is 0 Å². The van der Waals surface area contributed by atoms with Gasteiger partial charge < -0.3 is 19.6 Å². The van der Waals surface area contributed by atoms with Crippen LogP contribution in [0.4, 0.5) is 0 Å². The summed E-state index contributed by atoms with van der Waals surface area (Å²) in [7, 11) is 0. The van der Waals surface area contributed by atoms with E-state index in [0.717, 1.165) is 19.6 Å². The van der Waals surface area contributed by atoms with Gasteiger partial charge in [-0.15, -0.1) is 0 Å². The summed E-state index contributed by atoms with van der Waals surface area (Å²) in [5, 5.41) is 3.03. The van der Waals surface area contributed by atoms with E-state index in [1.807, 2.05) is 0 Å². The highest BCUT2D eigenvalue weighted by Gasteiger charge is 2.21. The van der Waals surface area contributed by atoms with Crippen LogP contribution in [-0.4, -0.2) is 47.0 Å². The van der Waals surface area contributed by atoms with E-state index in [1.165, 1.54) is 6.33 Å². The van der Waals surface area contributed by atoms with Gasteiger partial charge in [0.15, 0.2) is 0 Å². The summed E-state index contributed by atoms with van der Waals surface area (Å²) in [6.07, 6.45) is 1.26. The minimum absolute atomic E-state index is 0.185. The number of rotatable bonds is 6. The molecule has 2 heterocycles.